The van der Waals surface area contributed by atoms with Crippen molar-refractivity contribution in [2.45, 2.75) is 0 Å². The van der Waals surface area contributed by atoms with Crippen LogP contribution in [0.2, 0.25) is 0 Å². The molecule has 0 aromatic heterocycles. The van der Waals surface area contributed by atoms with Crippen LogP contribution in [-0.2, 0) is 0 Å². The molecule has 6 rings (SSSR count). The molecule has 30 heavy (non-hydrogen) atoms. The fourth-order valence-corrected chi connectivity index (χ4v) is 4.16. The van der Waals surface area contributed by atoms with Gasteiger partial charge < -0.3 is 0 Å². The first-order valence-electron chi connectivity index (χ1n) is 9.82. The van der Waals surface area contributed by atoms with Crippen LogP contribution < -0.4 is 0 Å². The third-order valence-corrected chi connectivity index (χ3v) is 5.48. The topological polar surface area (TPSA) is 49.4 Å². The molecule has 0 saturated heterocycles. The summed E-state index contributed by atoms with van der Waals surface area (Å²) < 4.78 is 0. The van der Waals surface area contributed by atoms with E-state index < -0.39 is 0 Å². The minimum atomic E-state index is 0.804. The van der Waals surface area contributed by atoms with Crippen LogP contribution in [0, 0.1) is 0 Å². The summed E-state index contributed by atoms with van der Waals surface area (Å²) in [4.78, 5) is 18.9. The molecule has 0 radical (unpaired) electrons. The van der Waals surface area contributed by atoms with E-state index in [4.69, 9.17) is 9.98 Å². The van der Waals surface area contributed by atoms with Crippen LogP contribution in [-0.4, -0.2) is 24.9 Å². The van der Waals surface area contributed by atoms with Crippen molar-refractivity contribution in [3.05, 3.63) is 83.9 Å². The Balaban J connectivity index is 1.79. The molecule has 4 nitrogen and oxygen atoms in total. The highest BCUT2D eigenvalue weighted by Gasteiger charge is 2.22. The molecule has 0 atom stereocenters. The van der Waals surface area contributed by atoms with Crippen molar-refractivity contribution < 1.29 is 0 Å². The summed E-state index contributed by atoms with van der Waals surface area (Å²) in [5.41, 5.74) is 5.36. The largest absolute Gasteiger partial charge is 0.255 e. The van der Waals surface area contributed by atoms with Gasteiger partial charge in [-0.15, -0.1) is 0 Å². The second kappa shape index (κ2) is 6.71. The SMILES string of the molecule is C1=NC(=C2N=CC=Nc3ccc4ccccc4c32)c2c(ccc3ccccc23)N=C1. The van der Waals surface area contributed by atoms with Gasteiger partial charge in [0, 0.05) is 36.0 Å². The zero-order chi connectivity index (χ0) is 19.9. The fourth-order valence-electron chi connectivity index (χ4n) is 4.16. The van der Waals surface area contributed by atoms with Crippen LogP contribution >= 0.6 is 0 Å². The Hall–Kier alpha value is -4.18. The van der Waals surface area contributed by atoms with E-state index in [1.165, 1.54) is 0 Å². The van der Waals surface area contributed by atoms with E-state index >= 15 is 0 Å². The molecule has 0 aliphatic carbocycles. The summed E-state index contributed by atoms with van der Waals surface area (Å²) in [5.74, 6) is 0. The average molecular weight is 384 g/mol. The molecule has 0 fully saturated rings. The molecule has 140 valence electrons. The standard InChI is InChI=1S/C26H16N4/c1-3-7-19-17(5-1)9-11-21-23(19)25(29-15-13-27-21)26-24-20-8-4-2-6-18(20)10-12-22(24)28-14-16-30-26/h1-16H. The third-order valence-electron chi connectivity index (χ3n) is 5.48. The van der Waals surface area contributed by atoms with Gasteiger partial charge in [0.15, 0.2) is 0 Å². The zero-order valence-corrected chi connectivity index (χ0v) is 16.0. The monoisotopic (exact) mass is 384 g/mol. The Morgan fingerprint density at radius 1 is 0.400 bits per heavy atom. The quantitative estimate of drug-likeness (QED) is 0.337. The number of fused-ring (bicyclic) bond motifs is 6. The van der Waals surface area contributed by atoms with Gasteiger partial charge in [-0.25, -0.2) is 0 Å². The van der Waals surface area contributed by atoms with E-state index in [0.29, 0.717) is 0 Å². The van der Waals surface area contributed by atoms with Crippen LogP contribution in [0.5, 0.6) is 0 Å². The molecule has 4 aromatic carbocycles. The number of hydrogen-bond acceptors (Lipinski definition) is 4. The van der Waals surface area contributed by atoms with Crippen molar-refractivity contribution >= 4 is 69.2 Å². The van der Waals surface area contributed by atoms with Gasteiger partial charge >= 0.3 is 0 Å². The highest BCUT2D eigenvalue weighted by Crippen LogP contribution is 2.43. The molecular formula is C26H16N4. The van der Waals surface area contributed by atoms with Gasteiger partial charge in [0.2, 0.25) is 0 Å². The van der Waals surface area contributed by atoms with Crippen molar-refractivity contribution in [3.63, 3.8) is 0 Å². The Labute approximate surface area is 173 Å². The lowest BCUT2D eigenvalue weighted by Gasteiger charge is -2.15. The number of rotatable bonds is 0. The molecule has 0 saturated carbocycles. The van der Waals surface area contributed by atoms with Crippen LogP contribution in [0.25, 0.3) is 32.9 Å². The molecule has 0 N–H and O–H groups in total. The molecule has 2 aliphatic heterocycles. The summed E-state index contributed by atoms with van der Waals surface area (Å²) in [6.45, 7) is 0. The smallest absolute Gasteiger partial charge is 0.0994 e. The lowest BCUT2D eigenvalue weighted by molar-refractivity contribution is 1.45. The number of hydrogen-bond donors (Lipinski definition) is 0. The molecule has 4 heteroatoms. The second-order valence-corrected chi connectivity index (χ2v) is 7.17. The Kier molecular flexibility index (Phi) is 3.74. The van der Waals surface area contributed by atoms with Gasteiger partial charge in [-0.1, -0.05) is 60.7 Å². The van der Waals surface area contributed by atoms with Gasteiger partial charge in [-0.3, -0.25) is 20.0 Å². The van der Waals surface area contributed by atoms with E-state index in [1.807, 2.05) is 36.4 Å². The Bertz CT molecular complexity index is 1370. The molecule has 0 amide bonds. The molecule has 0 bridgehead atoms. The predicted octanol–water partition coefficient (Wildman–Crippen LogP) is 6.39. The minimum Gasteiger partial charge on any atom is -0.255 e. The number of nitrogens with zero attached hydrogens (tertiary/aromatic N) is 4. The molecule has 4 aromatic rings. The maximum atomic E-state index is 4.82. The van der Waals surface area contributed by atoms with E-state index in [2.05, 4.69) is 46.4 Å². The minimum absolute atomic E-state index is 0.804. The zero-order valence-electron chi connectivity index (χ0n) is 16.0. The van der Waals surface area contributed by atoms with E-state index in [0.717, 1.165) is 55.4 Å². The lowest BCUT2D eigenvalue weighted by atomic mass is 9.94. The summed E-state index contributed by atoms with van der Waals surface area (Å²) >= 11 is 0. The second-order valence-electron chi connectivity index (χ2n) is 7.17. The highest BCUT2D eigenvalue weighted by atomic mass is 14.9. The first-order chi connectivity index (χ1) is 14.9. The van der Waals surface area contributed by atoms with Gasteiger partial charge in [0.05, 0.1) is 22.8 Å². The lowest BCUT2D eigenvalue weighted by Crippen LogP contribution is -1.93. The maximum absolute atomic E-state index is 4.82. The summed E-state index contributed by atoms with van der Waals surface area (Å²) in [5, 5.41) is 4.51. The molecule has 2 aliphatic rings. The Morgan fingerprint density at radius 2 is 0.833 bits per heavy atom. The highest BCUT2D eigenvalue weighted by molar-refractivity contribution is 6.25. The van der Waals surface area contributed by atoms with Crippen molar-refractivity contribution in [3.8, 4) is 0 Å². The molecule has 0 spiro atoms. The number of aliphatic imine (C=N–C) groups is 4. The first-order valence-corrected chi connectivity index (χ1v) is 9.82. The first kappa shape index (κ1) is 16.7. The summed E-state index contributed by atoms with van der Waals surface area (Å²) in [6.07, 6.45) is 6.95. The van der Waals surface area contributed by atoms with Crippen molar-refractivity contribution in [2.75, 3.05) is 0 Å². The van der Waals surface area contributed by atoms with Gasteiger partial charge in [0.1, 0.15) is 0 Å². The summed E-state index contributed by atoms with van der Waals surface area (Å²) in [6, 6.07) is 24.9. The van der Waals surface area contributed by atoms with Crippen molar-refractivity contribution in [1.82, 2.24) is 0 Å². The van der Waals surface area contributed by atoms with E-state index in [-0.39, 0.29) is 0 Å². The third kappa shape index (κ3) is 2.54. The predicted molar refractivity (Wildman–Crippen MR) is 128 cm³/mol. The van der Waals surface area contributed by atoms with Crippen LogP contribution in [0.3, 0.4) is 0 Å². The Morgan fingerprint density at radius 3 is 1.33 bits per heavy atom. The normalized spacial score (nSPS) is 17.1. The van der Waals surface area contributed by atoms with Gasteiger partial charge in [-0.2, -0.15) is 0 Å². The summed E-state index contributed by atoms with van der Waals surface area (Å²) in [7, 11) is 0. The molecule has 0 unspecified atom stereocenters. The van der Waals surface area contributed by atoms with E-state index in [9.17, 15) is 0 Å². The van der Waals surface area contributed by atoms with E-state index in [1.54, 1.807) is 24.9 Å². The van der Waals surface area contributed by atoms with Crippen LogP contribution in [0.4, 0.5) is 11.4 Å². The van der Waals surface area contributed by atoms with Crippen molar-refractivity contribution in [2.24, 2.45) is 20.0 Å². The average Bonchev–Trinajstić information content (AvgIpc) is 3.15. The van der Waals surface area contributed by atoms with Crippen molar-refractivity contribution in [1.29, 1.82) is 0 Å². The van der Waals surface area contributed by atoms with Crippen LogP contribution in [0.1, 0.15) is 11.1 Å². The fraction of sp³-hybridized carbons (Fsp3) is 0. The van der Waals surface area contributed by atoms with Gasteiger partial charge in [0.25, 0.3) is 0 Å². The number of benzene rings is 4. The van der Waals surface area contributed by atoms with Gasteiger partial charge in [-0.05, 0) is 33.7 Å². The maximum Gasteiger partial charge on any atom is 0.0994 e. The molecular weight excluding hydrogens is 368 g/mol. The van der Waals surface area contributed by atoms with Crippen LogP contribution in [0.15, 0.2) is 92.8 Å². The molecule has 2 heterocycles.